The SMILES string of the molecule is CC[C@@H]1CN(C(=O)Nc2ccc(F)cc2Br)CCO1. The average Bonchev–Trinajstić information content (AvgIpc) is 2.42. The Hall–Kier alpha value is -1.14. The number of halogens is 2. The molecule has 1 aliphatic rings. The number of amides is 2. The fraction of sp³-hybridized carbons (Fsp3) is 0.462. The van der Waals surface area contributed by atoms with Crippen LogP contribution in [0.5, 0.6) is 0 Å². The number of carbonyl (C=O) groups excluding carboxylic acids is 1. The normalized spacial score (nSPS) is 19.3. The molecule has 0 unspecified atom stereocenters. The molecule has 104 valence electrons. The van der Waals surface area contributed by atoms with Crippen LogP contribution in [0.2, 0.25) is 0 Å². The molecule has 0 aliphatic carbocycles. The van der Waals surface area contributed by atoms with E-state index in [4.69, 9.17) is 4.74 Å². The molecule has 1 N–H and O–H groups in total. The van der Waals surface area contributed by atoms with E-state index in [1.165, 1.54) is 18.2 Å². The Kier molecular flexibility index (Phi) is 4.76. The van der Waals surface area contributed by atoms with E-state index in [2.05, 4.69) is 21.2 Å². The van der Waals surface area contributed by atoms with Crippen LogP contribution in [0.25, 0.3) is 0 Å². The number of nitrogens with zero attached hydrogens (tertiary/aromatic N) is 1. The molecule has 0 bridgehead atoms. The van der Waals surface area contributed by atoms with Crippen molar-refractivity contribution >= 4 is 27.6 Å². The molecular weight excluding hydrogens is 315 g/mol. The Bertz CT molecular complexity index is 470. The first-order valence-corrected chi connectivity index (χ1v) is 7.02. The zero-order valence-electron chi connectivity index (χ0n) is 10.7. The maximum Gasteiger partial charge on any atom is 0.322 e. The zero-order chi connectivity index (χ0) is 13.8. The second-order valence-corrected chi connectivity index (χ2v) is 5.26. The number of hydrogen-bond donors (Lipinski definition) is 1. The first-order valence-electron chi connectivity index (χ1n) is 6.22. The van der Waals surface area contributed by atoms with E-state index < -0.39 is 0 Å². The third-order valence-electron chi connectivity index (χ3n) is 3.05. The van der Waals surface area contributed by atoms with Crippen LogP contribution < -0.4 is 5.32 Å². The molecule has 0 spiro atoms. The summed E-state index contributed by atoms with van der Waals surface area (Å²) in [5.74, 6) is -0.345. The Morgan fingerprint density at radius 1 is 1.63 bits per heavy atom. The maximum atomic E-state index is 13.0. The Labute approximate surface area is 120 Å². The lowest BCUT2D eigenvalue weighted by Crippen LogP contribution is -2.47. The van der Waals surface area contributed by atoms with Gasteiger partial charge in [0.15, 0.2) is 0 Å². The number of anilines is 1. The Morgan fingerprint density at radius 3 is 3.11 bits per heavy atom. The predicted molar refractivity (Wildman–Crippen MR) is 74.7 cm³/mol. The van der Waals surface area contributed by atoms with Crippen LogP contribution >= 0.6 is 15.9 Å². The van der Waals surface area contributed by atoms with Gasteiger partial charge in [0.05, 0.1) is 18.4 Å². The van der Waals surface area contributed by atoms with Gasteiger partial charge in [-0.2, -0.15) is 0 Å². The minimum Gasteiger partial charge on any atom is -0.375 e. The van der Waals surface area contributed by atoms with Gasteiger partial charge in [0.25, 0.3) is 0 Å². The summed E-state index contributed by atoms with van der Waals surface area (Å²) >= 11 is 3.23. The molecule has 1 aromatic rings. The number of rotatable bonds is 2. The van der Waals surface area contributed by atoms with Crippen molar-refractivity contribution in [3.8, 4) is 0 Å². The zero-order valence-corrected chi connectivity index (χ0v) is 12.2. The van der Waals surface area contributed by atoms with Crippen molar-refractivity contribution in [2.24, 2.45) is 0 Å². The smallest absolute Gasteiger partial charge is 0.322 e. The topological polar surface area (TPSA) is 41.6 Å². The third kappa shape index (κ3) is 3.67. The molecule has 1 aromatic carbocycles. The highest BCUT2D eigenvalue weighted by atomic mass is 79.9. The molecule has 0 radical (unpaired) electrons. The van der Waals surface area contributed by atoms with Gasteiger partial charge in [0.1, 0.15) is 5.82 Å². The second-order valence-electron chi connectivity index (χ2n) is 4.40. The molecular formula is C13H16BrFN2O2. The predicted octanol–water partition coefficient (Wildman–Crippen LogP) is 3.23. The first-order chi connectivity index (χ1) is 9.10. The van der Waals surface area contributed by atoms with E-state index >= 15 is 0 Å². The average molecular weight is 331 g/mol. The monoisotopic (exact) mass is 330 g/mol. The molecule has 0 saturated carbocycles. The fourth-order valence-electron chi connectivity index (χ4n) is 1.94. The summed E-state index contributed by atoms with van der Waals surface area (Å²) in [5, 5.41) is 2.77. The van der Waals surface area contributed by atoms with E-state index in [9.17, 15) is 9.18 Å². The Morgan fingerprint density at radius 2 is 2.42 bits per heavy atom. The summed E-state index contributed by atoms with van der Waals surface area (Å²) in [6.45, 7) is 3.74. The van der Waals surface area contributed by atoms with Gasteiger partial charge >= 0.3 is 6.03 Å². The third-order valence-corrected chi connectivity index (χ3v) is 3.71. The van der Waals surface area contributed by atoms with Crippen molar-refractivity contribution < 1.29 is 13.9 Å². The summed E-state index contributed by atoms with van der Waals surface area (Å²) in [5.41, 5.74) is 0.561. The largest absolute Gasteiger partial charge is 0.375 e. The first kappa shape index (κ1) is 14.3. The van der Waals surface area contributed by atoms with Crippen LogP contribution in [0.15, 0.2) is 22.7 Å². The van der Waals surface area contributed by atoms with Gasteiger partial charge in [-0.15, -0.1) is 0 Å². The number of hydrogen-bond acceptors (Lipinski definition) is 2. The van der Waals surface area contributed by atoms with Crippen LogP contribution in [0.1, 0.15) is 13.3 Å². The summed E-state index contributed by atoms with van der Waals surface area (Å²) in [6, 6.07) is 3.99. The number of urea groups is 1. The molecule has 19 heavy (non-hydrogen) atoms. The van der Waals surface area contributed by atoms with Gasteiger partial charge in [0.2, 0.25) is 0 Å². The molecule has 1 aliphatic heterocycles. The number of carbonyl (C=O) groups is 1. The molecule has 1 heterocycles. The standard InChI is InChI=1S/C13H16BrFN2O2/c1-2-10-8-17(5-6-19-10)13(18)16-12-4-3-9(15)7-11(12)14/h3-4,7,10H,2,5-6,8H2,1H3,(H,16,18)/t10-/m1/s1. The lowest BCUT2D eigenvalue weighted by atomic mass is 10.2. The summed E-state index contributed by atoms with van der Waals surface area (Å²) < 4.78 is 19.0. The molecule has 2 rings (SSSR count). The Balaban J connectivity index is 2.00. The lowest BCUT2D eigenvalue weighted by Gasteiger charge is -2.32. The molecule has 0 aromatic heterocycles. The van der Waals surface area contributed by atoms with E-state index in [-0.39, 0.29) is 18.0 Å². The molecule has 2 amide bonds. The van der Waals surface area contributed by atoms with Crippen LogP contribution in [0.3, 0.4) is 0 Å². The number of nitrogens with one attached hydrogen (secondary N) is 1. The van der Waals surface area contributed by atoms with Crippen molar-refractivity contribution in [2.75, 3.05) is 25.0 Å². The fourth-order valence-corrected chi connectivity index (χ4v) is 2.39. The highest BCUT2D eigenvalue weighted by Crippen LogP contribution is 2.23. The lowest BCUT2D eigenvalue weighted by molar-refractivity contribution is -0.0134. The van der Waals surface area contributed by atoms with Gasteiger partial charge in [-0.3, -0.25) is 0 Å². The summed E-state index contributed by atoms with van der Waals surface area (Å²) in [4.78, 5) is 13.8. The number of benzene rings is 1. The highest BCUT2D eigenvalue weighted by Gasteiger charge is 2.23. The van der Waals surface area contributed by atoms with E-state index in [0.717, 1.165) is 6.42 Å². The van der Waals surface area contributed by atoms with Crippen molar-refractivity contribution in [2.45, 2.75) is 19.4 Å². The van der Waals surface area contributed by atoms with E-state index in [1.807, 2.05) is 6.92 Å². The van der Waals surface area contributed by atoms with Gasteiger partial charge in [-0.1, -0.05) is 6.92 Å². The highest BCUT2D eigenvalue weighted by molar-refractivity contribution is 9.10. The number of morpholine rings is 1. The van der Waals surface area contributed by atoms with Crippen molar-refractivity contribution in [3.05, 3.63) is 28.5 Å². The summed E-state index contributed by atoms with van der Waals surface area (Å²) in [6.07, 6.45) is 0.973. The van der Waals surface area contributed by atoms with Crippen LogP contribution in [0.4, 0.5) is 14.9 Å². The minimum atomic E-state index is -0.345. The molecule has 6 heteroatoms. The van der Waals surface area contributed by atoms with Crippen LogP contribution in [-0.2, 0) is 4.74 Å². The molecule has 1 fully saturated rings. The van der Waals surface area contributed by atoms with Gasteiger partial charge in [-0.05, 0) is 40.5 Å². The van der Waals surface area contributed by atoms with Gasteiger partial charge in [0, 0.05) is 17.6 Å². The minimum absolute atomic E-state index is 0.0937. The van der Waals surface area contributed by atoms with Crippen molar-refractivity contribution in [3.63, 3.8) is 0 Å². The van der Waals surface area contributed by atoms with Gasteiger partial charge < -0.3 is 15.0 Å². The summed E-state index contributed by atoms with van der Waals surface area (Å²) in [7, 11) is 0. The van der Waals surface area contributed by atoms with Crippen molar-refractivity contribution in [1.82, 2.24) is 4.90 Å². The van der Waals surface area contributed by atoms with Crippen LogP contribution in [0, 0.1) is 5.82 Å². The van der Waals surface area contributed by atoms with Crippen molar-refractivity contribution in [1.29, 1.82) is 0 Å². The molecule has 4 nitrogen and oxygen atoms in total. The van der Waals surface area contributed by atoms with Crippen LogP contribution in [-0.4, -0.2) is 36.7 Å². The quantitative estimate of drug-likeness (QED) is 0.904. The second kappa shape index (κ2) is 6.34. The van der Waals surface area contributed by atoms with E-state index in [1.54, 1.807) is 4.90 Å². The van der Waals surface area contributed by atoms with E-state index in [0.29, 0.717) is 29.9 Å². The number of ether oxygens (including phenoxy) is 1. The van der Waals surface area contributed by atoms with Gasteiger partial charge in [-0.25, -0.2) is 9.18 Å². The molecule has 1 saturated heterocycles. The maximum absolute atomic E-state index is 13.0. The molecule has 1 atom stereocenters.